The largest absolute Gasteiger partial charge is 0.274 e. The van der Waals surface area contributed by atoms with E-state index in [-0.39, 0.29) is 0 Å². The van der Waals surface area contributed by atoms with Crippen LogP contribution in [0.4, 0.5) is 0 Å². The summed E-state index contributed by atoms with van der Waals surface area (Å²) in [5.74, 6) is 4.36. The van der Waals surface area contributed by atoms with Crippen LogP contribution in [0.25, 0.3) is 238 Å². The van der Waals surface area contributed by atoms with Crippen LogP contribution < -0.4 is 0 Å². The normalized spacial score (nSPS) is 11.6. The zero-order valence-electron chi connectivity index (χ0n) is 78.1. The molecule has 0 saturated heterocycles. The molecule has 29 rings (SSSR count). The Morgan fingerprint density at radius 2 is 0.421 bits per heavy atom. The van der Waals surface area contributed by atoms with Gasteiger partial charge >= 0.3 is 0 Å². The molecule has 0 unspecified atom stereocenters. The summed E-state index contributed by atoms with van der Waals surface area (Å²) >= 11 is 11.9. The van der Waals surface area contributed by atoms with Crippen LogP contribution in [0.15, 0.2) is 431 Å². The van der Waals surface area contributed by atoms with E-state index in [9.17, 15) is 0 Å². The monoisotopic (exact) mass is 2430 g/mol. The number of aryl methyl sites for hydroxylation is 3. The summed E-state index contributed by atoms with van der Waals surface area (Å²) in [5.41, 5.74) is 26.4. The molecule has 15 nitrogen and oxygen atoms in total. The first kappa shape index (κ1) is 91.0. The Balaban J connectivity index is 0.0000000948. The fraction of sp³-hybridized carbons (Fsp3) is 0.0240. The average molecular weight is 2430 g/mol. The van der Waals surface area contributed by atoms with Crippen molar-refractivity contribution in [1.82, 2.24) is 73.0 Å². The molecule has 20 heteroatoms. The van der Waals surface area contributed by atoms with Gasteiger partial charge in [0.15, 0.2) is 57.4 Å². The third-order valence-corrected chi connectivity index (χ3v) is 30.8. The lowest BCUT2D eigenvalue weighted by Gasteiger charge is -2.12. The number of benzene rings is 19. The van der Waals surface area contributed by atoms with Crippen LogP contribution in [0, 0.1) is 38.6 Å². The van der Waals surface area contributed by atoms with Crippen molar-refractivity contribution < 1.29 is 0 Å². The molecule has 0 radical (unpaired) electrons. The third kappa shape index (κ3) is 16.6. The first-order valence-electron chi connectivity index (χ1n) is 47.5. The smallest absolute Gasteiger partial charge is 0.169 e. The molecule has 0 aliphatic rings. The van der Waals surface area contributed by atoms with Crippen LogP contribution >= 0.6 is 113 Å². The molecule has 19 aromatic carbocycles. The second-order valence-electron chi connectivity index (χ2n) is 36.1. The minimum Gasteiger partial charge on any atom is -0.274 e. The molecule has 690 valence electrons. The lowest BCUT2D eigenvalue weighted by Crippen LogP contribution is -1.97. The molecular formula is C125H80I5N15. The number of nitrogens with zero attached hydrogens (tertiary/aromatic N) is 15. The highest BCUT2D eigenvalue weighted by molar-refractivity contribution is 14.1. The molecule has 10 heterocycles. The van der Waals surface area contributed by atoms with E-state index >= 15 is 0 Å². The van der Waals surface area contributed by atoms with E-state index in [1.165, 1.54) is 127 Å². The topological polar surface area (TPSA) is 151 Å². The van der Waals surface area contributed by atoms with Gasteiger partial charge in [-0.15, -0.1) is 51.0 Å². The van der Waals surface area contributed by atoms with Gasteiger partial charge < -0.3 is 0 Å². The maximum absolute atomic E-state index is 4.69. The lowest BCUT2D eigenvalue weighted by atomic mass is 9.99. The number of halogens is 5. The third-order valence-electron chi connectivity index (χ3n) is 27.4. The van der Waals surface area contributed by atoms with Crippen molar-refractivity contribution >= 4 is 260 Å². The van der Waals surface area contributed by atoms with Crippen molar-refractivity contribution in [2.75, 3.05) is 0 Å². The van der Waals surface area contributed by atoms with E-state index in [4.69, 9.17) is 0 Å². The highest BCUT2D eigenvalue weighted by atomic mass is 127. The molecule has 0 fully saturated rings. The van der Waals surface area contributed by atoms with Crippen LogP contribution in [0.1, 0.15) is 16.7 Å². The van der Waals surface area contributed by atoms with Crippen molar-refractivity contribution in [2.24, 2.45) is 0 Å². The van der Waals surface area contributed by atoms with Gasteiger partial charge in [-0.3, -0.25) is 22.0 Å². The van der Waals surface area contributed by atoms with E-state index in [1.54, 1.807) is 0 Å². The molecule has 0 saturated carbocycles. The lowest BCUT2D eigenvalue weighted by molar-refractivity contribution is 1.11. The van der Waals surface area contributed by atoms with Gasteiger partial charge in [-0.2, -0.15) is 0 Å². The number of aromatic nitrogens is 15. The Hall–Kier alpha value is -15.2. The number of fused-ring (bicyclic) bond motifs is 31. The molecule has 0 atom stereocenters. The highest BCUT2D eigenvalue weighted by Crippen LogP contribution is 2.43. The second-order valence-corrected chi connectivity index (χ2v) is 42.3. The summed E-state index contributed by atoms with van der Waals surface area (Å²) < 4.78 is 17.1. The van der Waals surface area contributed by atoms with E-state index in [0.717, 1.165) is 145 Å². The molecule has 0 aliphatic heterocycles. The predicted molar refractivity (Wildman–Crippen MR) is 639 cm³/mol. The van der Waals surface area contributed by atoms with E-state index in [2.05, 4.69) is 619 Å². The van der Waals surface area contributed by atoms with Crippen LogP contribution in [0.3, 0.4) is 0 Å². The fourth-order valence-electron chi connectivity index (χ4n) is 20.5. The molecule has 0 N–H and O–H groups in total. The van der Waals surface area contributed by atoms with Gasteiger partial charge in [0.1, 0.15) is 0 Å². The molecule has 0 bridgehead atoms. The van der Waals surface area contributed by atoms with Crippen LogP contribution in [-0.4, -0.2) is 73.0 Å². The van der Waals surface area contributed by atoms with Gasteiger partial charge in [-0.1, -0.05) is 322 Å². The minimum absolute atomic E-state index is 0.861. The van der Waals surface area contributed by atoms with Crippen LogP contribution in [-0.2, 0) is 0 Å². The van der Waals surface area contributed by atoms with E-state index in [1.807, 2.05) is 18.2 Å². The molecule has 0 aliphatic carbocycles. The Morgan fingerprint density at radius 1 is 0.152 bits per heavy atom. The first-order valence-corrected chi connectivity index (χ1v) is 52.9. The van der Waals surface area contributed by atoms with E-state index < -0.39 is 0 Å². The summed E-state index contributed by atoms with van der Waals surface area (Å²) in [6, 6.07) is 151. The average Bonchev–Trinajstić information content (AvgIpc) is 1.65. The number of hydrogen-bond acceptors (Lipinski definition) is 10. The summed E-state index contributed by atoms with van der Waals surface area (Å²) in [6.07, 6.45) is 0. The second kappa shape index (κ2) is 38.5. The van der Waals surface area contributed by atoms with Gasteiger partial charge in [0.2, 0.25) is 0 Å². The Kier molecular flexibility index (Phi) is 24.2. The first-order chi connectivity index (χ1) is 71.2. The van der Waals surface area contributed by atoms with Crippen LogP contribution in [0.2, 0.25) is 0 Å². The van der Waals surface area contributed by atoms with E-state index in [0.29, 0.717) is 0 Å². The zero-order chi connectivity index (χ0) is 97.6. The zero-order valence-corrected chi connectivity index (χ0v) is 88.9. The standard InChI is InChI=1S/3C26H16IN3.C24H14IN3.C23H18IN3/c27-18-14-15-24-23(16-18)20-11-5-7-13-22(20)26-29-28-25(30(24)26)21-12-6-4-10-19(21)17-8-2-1-3-9-17;27-20-13-14-24-23(16-20)21-11-4-5-12-22(21)26-29-28-25(30(24)26)19-10-6-9-18(15-19)17-7-2-1-3-8-17;27-20-14-15-24-23(16-20)21-8-4-5-9-22(21)26-29-28-25(30(24)26)19-12-10-18(11-13-19)17-6-2-1-3-7-17;25-18-11-12-22-21(14-18)19-7-3-4-8-20(19)24-27-26-23(28(22)24)17-10-9-15-5-1-2-6-16(15)13-17;1-13-10-15(3)19(11-14(13)2)23-26-25-22-18-7-5-4-6-17(18)20-12-16(24)8-9-21(20)27(22)23/h3*1-16H;1-14H;4-12H,1-3H3. The van der Waals surface area contributed by atoms with Crippen molar-refractivity contribution in [3.63, 3.8) is 0 Å². The Morgan fingerprint density at radius 3 is 0.821 bits per heavy atom. The van der Waals surface area contributed by atoms with Crippen LogP contribution in [0.5, 0.6) is 0 Å². The molecule has 29 aromatic rings. The predicted octanol–water partition coefficient (Wildman–Crippen LogP) is 33.6. The Bertz CT molecular complexity index is 10200. The SMILES string of the molecule is Cc1cc(C)c(-c2nnc3c4ccccc4c4cc(I)ccc4n23)cc1C.Ic1ccc2c(c1)c1ccccc1c1nnc(-c3ccc(-c4ccccc4)cc3)n21.Ic1ccc2c(c1)c1ccccc1c1nnc(-c3ccc4ccccc4c3)n21.Ic1ccc2c(c1)c1ccccc1c1nnc(-c3cccc(-c4ccccc4)c3)n21.Ic1ccc2c(c1)c1ccccc1c1nnc(-c3ccccc3-c3ccccc3)n21. The number of rotatable bonds is 8. The molecule has 145 heavy (non-hydrogen) atoms. The van der Waals surface area contributed by atoms with Gasteiger partial charge in [0, 0.05) is 99.5 Å². The Labute approximate surface area is 900 Å². The van der Waals surface area contributed by atoms with Crippen molar-refractivity contribution in [2.45, 2.75) is 20.8 Å². The van der Waals surface area contributed by atoms with Gasteiger partial charge in [0.05, 0.1) is 27.6 Å². The highest BCUT2D eigenvalue weighted by Gasteiger charge is 2.25. The van der Waals surface area contributed by atoms with Crippen molar-refractivity contribution in [3.05, 3.63) is 465 Å². The molecule has 10 aromatic heterocycles. The molecular weight excluding hydrogens is 2350 g/mol. The molecule has 0 amide bonds. The fourth-order valence-corrected chi connectivity index (χ4v) is 22.9. The summed E-state index contributed by atoms with van der Waals surface area (Å²) in [7, 11) is 0. The van der Waals surface area contributed by atoms with Gasteiger partial charge in [-0.25, -0.2) is 0 Å². The van der Waals surface area contributed by atoms with Crippen molar-refractivity contribution in [3.8, 4) is 90.3 Å². The number of pyridine rings is 5. The summed E-state index contributed by atoms with van der Waals surface area (Å²) in [6.45, 7) is 6.45. The summed E-state index contributed by atoms with van der Waals surface area (Å²) in [4.78, 5) is 0. The maximum Gasteiger partial charge on any atom is 0.169 e. The van der Waals surface area contributed by atoms with Crippen molar-refractivity contribution in [1.29, 1.82) is 0 Å². The molecule has 0 spiro atoms. The number of hydrogen-bond donors (Lipinski definition) is 0. The minimum atomic E-state index is 0.861. The van der Waals surface area contributed by atoms with Gasteiger partial charge in [-0.05, 0) is 331 Å². The van der Waals surface area contributed by atoms with Gasteiger partial charge in [0.25, 0.3) is 0 Å². The maximum atomic E-state index is 4.69. The quantitative estimate of drug-likeness (QED) is 0.106. The summed E-state index contributed by atoms with van der Waals surface area (Å²) in [5, 5.41) is 66.3.